The number of nitrogens with one attached hydrogen (secondary N) is 1. The zero-order chi connectivity index (χ0) is 13.7. The predicted molar refractivity (Wildman–Crippen MR) is 73.0 cm³/mol. The van der Waals surface area contributed by atoms with Crippen LogP contribution in [0.3, 0.4) is 0 Å². The van der Waals surface area contributed by atoms with E-state index in [1.54, 1.807) is 6.07 Å². The smallest absolute Gasteiger partial charge is 0.131 e. The van der Waals surface area contributed by atoms with E-state index in [1.807, 2.05) is 19.9 Å². The monoisotopic (exact) mass is 267 g/mol. The molecule has 4 heteroatoms. The van der Waals surface area contributed by atoms with Crippen LogP contribution in [0.15, 0.2) is 18.2 Å². The van der Waals surface area contributed by atoms with Crippen LogP contribution in [0.4, 0.5) is 4.39 Å². The Balaban J connectivity index is 1.93. The van der Waals surface area contributed by atoms with Crippen LogP contribution in [0, 0.1) is 5.82 Å². The average molecular weight is 267 g/mol. The third-order valence-electron chi connectivity index (χ3n) is 3.41. The maximum atomic E-state index is 14.0. The van der Waals surface area contributed by atoms with Gasteiger partial charge in [-0.05, 0) is 32.4 Å². The summed E-state index contributed by atoms with van der Waals surface area (Å²) in [4.78, 5) is 0. The fourth-order valence-electron chi connectivity index (χ4n) is 2.33. The highest BCUT2D eigenvalue weighted by Gasteiger charge is 2.16. The number of ether oxygens (including phenoxy) is 2. The average Bonchev–Trinajstić information content (AvgIpc) is 2.89. The molecule has 1 saturated heterocycles. The molecule has 3 nitrogen and oxygen atoms in total. The van der Waals surface area contributed by atoms with Crippen LogP contribution in [0.2, 0.25) is 0 Å². The van der Waals surface area contributed by atoms with Crippen molar-refractivity contribution in [3.63, 3.8) is 0 Å². The van der Waals surface area contributed by atoms with Gasteiger partial charge < -0.3 is 14.8 Å². The number of hydrogen-bond acceptors (Lipinski definition) is 3. The minimum absolute atomic E-state index is 0.0113. The lowest BCUT2D eigenvalue weighted by Gasteiger charge is -2.15. The molecule has 1 aromatic carbocycles. The van der Waals surface area contributed by atoms with Gasteiger partial charge >= 0.3 is 0 Å². The fourth-order valence-corrected chi connectivity index (χ4v) is 2.33. The Bertz CT molecular complexity index is 405. The van der Waals surface area contributed by atoms with Gasteiger partial charge in [-0.3, -0.25) is 0 Å². The van der Waals surface area contributed by atoms with E-state index in [1.165, 1.54) is 6.07 Å². The molecule has 1 N–H and O–H groups in total. The summed E-state index contributed by atoms with van der Waals surface area (Å²) in [5.74, 6) is 0.346. The van der Waals surface area contributed by atoms with Gasteiger partial charge in [-0.25, -0.2) is 4.39 Å². The summed E-state index contributed by atoms with van der Waals surface area (Å²) in [7, 11) is 0. The van der Waals surface area contributed by atoms with Crippen molar-refractivity contribution in [1.82, 2.24) is 5.32 Å². The van der Waals surface area contributed by atoms with Crippen molar-refractivity contribution in [1.29, 1.82) is 0 Å². The Morgan fingerprint density at radius 2 is 2.37 bits per heavy atom. The quantitative estimate of drug-likeness (QED) is 0.859. The van der Waals surface area contributed by atoms with Gasteiger partial charge in [0.05, 0.1) is 6.10 Å². The molecule has 19 heavy (non-hydrogen) atoms. The van der Waals surface area contributed by atoms with Gasteiger partial charge in [-0.15, -0.1) is 0 Å². The van der Waals surface area contributed by atoms with Crippen LogP contribution in [-0.2, 0) is 4.74 Å². The topological polar surface area (TPSA) is 30.5 Å². The second-order valence-electron chi connectivity index (χ2n) is 4.91. The second kappa shape index (κ2) is 6.87. The molecule has 0 amide bonds. The Hall–Kier alpha value is -1.13. The van der Waals surface area contributed by atoms with Crippen LogP contribution in [0.25, 0.3) is 0 Å². The van der Waals surface area contributed by atoms with E-state index in [4.69, 9.17) is 9.47 Å². The van der Waals surface area contributed by atoms with Gasteiger partial charge in [-0.2, -0.15) is 0 Å². The van der Waals surface area contributed by atoms with Crippen molar-refractivity contribution in [3.8, 4) is 5.75 Å². The summed E-state index contributed by atoms with van der Waals surface area (Å²) >= 11 is 0. The molecule has 0 spiro atoms. The summed E-state index contributed by atoms with van der Waals surface area (Å²) in [5.41, 5.74) is 0.673. The van der Waals surface area contributed by atoms with Crippen molar-refractivity contribution in [2.75, 3.05) is 19.8 Å². The summed E-state index contributed by atoms with van der Waals surface area (Å²) < 4.78 is 25.0. The van der Waals surface area contributed by atoms with E-state index < -0.39 is 0 Å². The Kier molecular flexibility index (Phi) is 5.16. The Morgan fingerprint density at radius 1 is 1.53 bits per heavy atom. The normalized spacial score (nSPS) is 20.5. The molecule has 2 unspecified atom stereocenters. The maximum absolute atomic E-state index is 14.0. The van der Waals surface area contributed by atoms with Crippen LogP contribution in [0.1, 0.15) is 38.3 Å². The van der Waals surface area contributed by atoms with Crippen molar-refractivity contribution in [3.05, 3.63) is 29.6 Å². The molecule has 0 bridgehead atoms. The van der Waals surface area contributed by atoms with Gasteiger partial charge in [0.1, 0.15) is 18.2 Å². The van der Waals surface area contributed by atoms with Crippen molar-refractivity contribution < 1.29 is 13.9 Å². The fraction of sp³-hybridized carbons (Fsp3) is 0.600. The van der Waals surface area contributed by atoms with E-state index in [0.29, 0.717) is 17.9 Å². The number of halogens is 1. The van der Waals surface area contributed by atoms with Crippen LogP contribution in [0.5, 0.6) is 5.75 Å². The number of benzene rings is 1. The molecule has 0 saturated carbocycles. The van der Waals surface area contributed by atoms with Crippen LogP contribution >= 0.6 is 0 Å². The molecular weight excluding hydrogens is 245 g/mol. The van der Waals surface area contributed by atoms with Gasteiger partial charge in [0.15, 0.2) is 0 Å². The van der Waals surface area contributed by atoms with Crippen molar-refractivity contribution >= 4 is 0 Å². The molecule has 2 atom stereocenters. The molecular formula is C15H22FNO2. The Labute approximate surface area is 114 Å². The van der Waals surface area contributed by atoms with Crippen molar-refractivity contribution in [2.45, 2.75) is 38.8 Å². The molecule has 1 aliphatic rings. The first-order valence-corrected chi connectivity index (χ1v) is 6.98. The van der Waals surface area contributed by atoms with Crippen LogP contribution in [-0.4, -0.2) is 25.9 Å². The molecule has 1 aromatic rings. The summed E-state index contributed by atoms with van der Waals surface area (Å²) in [5, 5.41) is 3.20. The van der Waals surface area contributed by atoms with E-state index in [2.05, 4.69) is 5.32 Å². The molecule has 1 fully saturated rings. The first-order valence-electron chi connectivity index (χ1n) is 6.98. The summed E-state index contributed by atoms with van der Waals surface area (Å²) in [6, 6.07) is 5.07. The van der Waals surface area contributed by atoms with Gasteiger partial charge in [0.2, 0.25) is 0 Å². The summed E-state index contributed by atoms with van der Waals surface area (Å²) in [6.45, 7) is 6.09. The molecule has 0 aromatic heterocycles. The zero-order valence-electron chi connectivity index (χ0n) is 11.6. The number of rotatable bonds is 6. The molecule has 1 aliphatic heterocycles. The van der Waals surface area contributed by atoms with E-state index in [-0.39, 0.29) is 18.0 Å². The van der Waals surface area contributed by atoms with E-state index in [0.717, 1.165) is 26.0 Å². The van der Waals surface area contributed by atoms with E-state index >= 15 is 0 Å². The minimum Gasteiger partial charge on any atom is -0.491 e. The SMILES string of the molecule is CCNC(C)c1ccc(OCC2CCCO2)cc1F. The predicted octanol–water partition coefficient (Wildman–Crippen LogP) is 3.05. The lowest BCUT2D eigenvalue weighted by molar-refractivity contribution is 0.0678. The molecule has 0 aliphatic carbocycles. The third kappa shape index (κ3) is 3.91. The zero-order valence-corrected chi connectivity index (χ0v) is 11.6. The molecule has 2 rings (SSSR count). The molecule has 106 valence electrons. The highest BCUT2D eigenvalue weighted by Crippen LogP contribution is 2.22. The van der Waals surface area contributed by atoms with Crippen LogP contribution < -0.4 is 10.1 Å². The number of hydrogen-bond donors (Lipinski definition) is 1. The highest BCUT2D eigenvalue weighted by molar-refractivity contribution is 5.30. The molecule has 0 radical (unpaired) electrons. The highest BCUT2D eigenvalue weighted by atomic mass is 19.1. The Morgan fingerprint density at radius 3 is 3.00 bits per heavy atom. The van der Waals surface area contributed by atoms with Gasteiger partial charge in [0.25, 0.3) is 0 Å². The van der Waals surface area contributed by atoms with Gasteiger partial charge in [-0.1, -0.05) is 13.0 Å². The van der Waals surface area contributed by atoms with E-state index in [9.17, 15) is 4.39 Å². The van der Waals surface area contributed by atoms with Crippen molar-refractivity contribution in [2.24, 2.45) is 0 Å². The lowest BCUT2D eigenvalue weighted by Crippen LogP contribution is -2.19. The second-order valence-corrected chi connectivity index (χ2v) is 4.91. The summed E-state index contributed by atoms with van der Waals surface area (Å²) in [6.07, 6.45) is 2.27. The molecule has 1 heterocycles. The standard InChI is InChI=1S/C15H22FNO2/c1-3-17-11(2)14-7-6-12(9-15(14)16)19-10-13-5-4-8-18-13/h6-7,9,11,13,17H,3-5,8,10H2,1-2H3. The third-order valence-corrected chi connectivity index (χ3v) is 3.41. The first kappa shape index (κ1) is 14.3. The maximum Gasteiger partial charge on any atom is 0.131 e. The minimum atomic E-state index is -0.224. The first-order chi connectivity index (χ1) is 9.20. The van der Waals surface area contributed by atoms with Gasteiger partial charge in [0, 0.05) is 24.3 Å². The lowest BCUT2D eigenvalue weighted by atomic mass is 10.1. The largest absolute Gasteiger partial charge is 0.491 e.